The first kappa shape index (κ1) is 22.9. The molecule has 3 aromatic rings. The standard InChI is InChI=1S/C25H25N3O6/c1-5-34-24(31)19-18(15-11-12-16(29)17(13-15)33-4)20-22(27(2)25(32)28(3)23(20)30)26-21(19)14-9-7-6-8-10-14/h6-13,18,26,29H,5H2,1-4H3/t18-/m0/s1. The Bertz CT molecular complexity index is 1420. The van der Waals surface area contributed by atoms with Crippen molar-refractivity contribution in [3.63, 3.8) is 0 Å². The van der Waals surface area contributed by atoms with Gasteiger partial charge in [0.25, 0.3) is 5.56 Å². The molecule has 34 heavy (non-hydrogen) atoms. The molecular formula is C25H25N3O6. The molecule has 1 atom stereocenters. The van der Waals surface area contributed by atoms with E-state index in [1.165, 1.54) is 24.8 Å². The molecule has 2 aromatic carbocycles. The number of phenols is 1. The second-order valence-electron chi connectivity index (χ2n) is 7.83. The lowest BCUT2D eigenvalue weighted by Crippen LogP contribution is -2.43. The van der Waals surface area contributed by atoms with Crippen molar-refractivity contribution in [1.29, 1.82) is 0 Å². The SMILES string of the molecule is CCOC(=O)C1=C(c2ccccc2)Nc2c(c(=O)n(C)c(=O)n2C)[C@H]1c1ccc(O)c(OC)c1. The van der Waals surface area contributed by atoms with Crippen molar-refractivity contribution < 1.29 is 19.4 Å². The molecule has 0 saturated carbocycles. The normalized spacial score (nSPS) is 14.9. The van der Waals surface area contributed by atoms with Crippen molar-refractivity contribution in [1.82, 2.24) is 9.13 Å². The molecule has 1 aliphatic rings. The Hall–Kier alpha value is -4.27. The van der Waals surface area contributed by atoms with Crippen LogP contribution in [0.5, 0.6) is 11.5 Å². The molecule has 0 spiro atoms. The summed E-state index contributed by atoms with van der Waals surface area (Å²) < 4.78 is 13.0. The van der Waals surface area contributed by atoms with Gasteiger partial charge in [-0.1, -0.05) is 36.4 Å². The van der Waals surface area contributed by atoms with Gasteiger partial charge >= 0.3 is 11.7 Å². The van der Waals surface area contributed by atoms with Crippen LogP contribution in [0, 0.1) is 0 Å². The number of carbonyl (C=O) groups excluding carboxylic acids is 1. The maximum Gasteiger partial charge on any atom is 0.337 e. The summed E-state index contributed by atoms with van der Waals surface area (Å²) in [5.41, 5.74) is 0.988. The first-order valence-corrected chi connectivity index (χ1v) is 10.7. The highest BCUT2D eigenvalue weighted by Gasteiger charge is 2.39. The van der Waals surface area contributed by atoms with Gasteiger partial charge in [-0.2, -0.15) is 0 Å². The van der Waals surface area contributed by atoms with Crippen molar-refractivity contribution in [2.75, 3.05) is 19.0 Å². The Morgan fingerprint density at radius 2 is 1.79 bits per heavy atom. The maximum atomic E-state index is 13.4. The van der Waals surface area contributed by atoms with Gasteiger partial charge in [0.15, 0.2) is 11.5 Å². The molecule has 0 aliphatic carbocycles. The summed E-state index contributed by atoms with van der Waals surface area (Å²) >= 11 is 0. The molecule has 0 radical (unpaired) electrons. The third-order valence-corrected chi connectivity index (χ3v) is 5.88. The van der Waals surface area contributed by atoms with Crippen molar-refractivity contribution in [3.8, 4) is 11.5 Å². The molecule has 1 aromatic heterocycles. The van der Waals surface area contributed by atoms with Gasteiger partial charge in [-0.15, -0.1) is 0 Å². The number of hydrogen-bond acceptors (Lipinski definition) is 7. The summed E-state index contributed by atoms with van der Waals surface area (Å²) in [6, 6.07) is 13.8. The quantitative estimate of drug-likeness (QED) is 0.559. The minimum Gasteiger partial charge on any atom is -0.504 e. The number of ether oxygens (including phenoxy) is 2. The van der Waals surface area contributed by atoms with Crippen LogP contribution in [0.1, 0.15) is 29.5 Å². The van der Waals surface area contributed by atoms with Crippen molar-refractivity contribution in [3.05, 3.63) is 91.6 Å². The average Bonchev–Trinajstić information content (AvgIpc) is 2.86. The number of carbonyl (C=O) groups is 1. The van der Waals surface area contributed by atoms with E-state index in [1.54, 1.807) is 26.1 Å². The molecule has 0 amide bonds. The van der Waals surface area contributed by atoms with Crippen LogP contribution >= 0.6 is 0 Å². The Kier molecular flexibility index (Phi) is 6.02. The highest BCUT2D eigenvalue weighted by Crippen LogP contribution is 2.44. The molecule has 2 N–H and O–H groups in total. The second-order valence-corrected chi connectivity index (χ2v) is 7.83. The lowest BCUT2D eigenvalue weighted by Gasteiger charge is -2.32. The number of rotatable bonds is 5. The summed E-state index contributed by atoms with van der Waals surface area (Å²) in [6.07, 6.45) is 0. The fourth-order valence-electron chi connectivity index (χ4n) is 4.22. The monoisotopic (exact) mass is 463 g/mol. The summed E-state index contributed by atoms with van der Waals surface area (Å²) in [4.78, 5) is 39.5. The number of phenolic OH excluding ortho intramolecular Hbond substituents is 1. The molecule has 176 valence electrons. The van der Waals surface area contributed by atoms with E-state index in [1.807, 2.05) is 30.3 Å². The predicted molar refractivity (Wildman–Crippen MR) is 127 cm³/mol. The lowest BCUT2D eigenvalue weighted by molar-refractivity contribution is -0.138. The van der Waals surface area contributed by atoms with Crippen LogP contribution in [0.15, 0.2) is 63.7 Å². The zero-order valence-electron chi connectivity index (χ0n) is 19.3. The van der Waals surface area contributed by atoms with Crippen molar-refractivity contribution in [2.45, 2.75) is 12.8 Å². The lowest BCUT2D eigenvalue weighted by atomic mass is 9.80. The number of anilines is 1. The minimum atomic E-state index is -0.898. The number of hydrogen-bond donors (Lipinski definition) is 2. The van der Waals surface area contributed by atoms with E-state index in [0.717, 1.165) is 4.57 Å². The molecule has 0 bridgehead atoms. The molecule has 9 nitrogen and oxygen atoms in total. The highest BCUT2D eigenvalue weighted by molar-refractivity contribution is 6.04. The van der Waals surface area contributed by atoms with E-state index in [9.17, 15) is 19.5 Å². The van der Waals surface area contributed by atoms with Gasteiger partial charge in [0.2, 0.25) is 0 Å². The van der Waals surface area contributed by atoms with Gasteiger partial charge in [0.1, 0.15) is 5.82 Å². The predicted octanol–water partition coefficient (Wildman–Crippen LogP) is 2.33. The van der Waals surface area contributed by atoms with E-state index >= 15 is 0 Å². The second kappa shape index (κ2) is 8.93. The highest BCUT2D eigenvalue weighted by atomic mass is 16.5. The van der Waals surface area contributed by atoms with E-state index < -0.39 is 23.1 Å². The molecule has 2 heterocycles. The zero-order valence-corrected chi connectivity index (χ0v) is 19.3. The van der Waals surface area contributed by atoms with Crippen molar-refractivity contribution >= 4 is 17.5 Å². The van der Waals surface area contributed by atoms with Gasteiger partial charge in [0.05, 0.1) is 36.5 Å². The van der Waals surface area contributed by atoms with Gasteiger partial charge < -0.3 is 19.9 Å². The van der Waals surface area contributed by atoms with Crippen LogP contribution in [0.25, 0.3) is 5.70 Å². The number of esters is 1. The minimum absolute atomic E-state index is 0.0845. The number of benzene rings is 2. The Morgan fingerprint density at radius 1 is 1.09 bits per heavy atom. The molecule has 0 unspecified atom stereocenters. The third kappa shape index (κ3) is 3.64. The third-order valence-electron chi connectivity index (χ3n) is 5.88. The fraction of sp³-hybridized carbons (Fsp3) is 0.240. The zero-order chi connectivity index (χ0) is 24.6. The van der Waals surface area contributed by atoms with E-state index in [-0.39, 0.29) is 35.1 Å². The summed E-state index contributed by atoms with van der Waals surface area (Å²) in [5, 5.41) is 13.3. The number of nitrogens with one attached hydrogen (secondary N) is 1. The topological polar surface area (TPSA) is 112 Å². The Labute approximate surface area is 195 Å². The molecule has 0 saturated heterocycles. The van der Waals surface area contributed by atoms with Crippen molar-refractivity contribution in [2.24, 2.45) is 14.1 Å². The smallest absolute Gasteiger partial charge is 0.337 e. The first-order valence-electron chi connectivity index (χ1n) is 10.7. The summed E-state index contributed by atoms with van der Waals surface area (Å²) in [7, 11) is 4.36. The average molecular weight is 463 g/mol. The van der Waals surface area contributed by atoms with E-state index in [4.69, 9.17) is 9.47 Å². The van der Waals surface area contributed by atoms with Crippen LogP contribution in [-0.4, -0.2) is 33.9 Å². The van der Waals surface area contributed by atoms with Gasteiger partial charge in [-0.05, 0) is 30.2 Å². The van der Waals surface area contributed by atoms with E-state index in [0.29, 0.717) is 16.8 Å². The fourth-order valence-corrected chi connectivity index (χ4v) is 4.22. The Balaban J connectivity index is 2.15. The molecule has 4 rings (SSSR count). The number of aromatic hydroxyl groups is 1. The van der Waals surface area contributed by atoms with Crippen LogP contribution < -0.4 is 21.3 Å². The summed E-state index contributed by atoms with van der Waals surface area (Å²) in [5.74, 6) is -1.13. The van der Waals surface area contributed by atoms with Crippen LogP contribution in [0.4, 0.5) is 5.82 Å². The molecular weight excluding hydrogens is 438 g/mol. The van der Waals surface area contributed by atoms with Crippen LogP contribution in [0.3, 0.4) is 0 Å². The number of aromatic nitrogens is 2. The Morgan fingerprint density at radius 3 is 2.44 bits per heavy atom. The number of methoxy groups -OCH3 is 1. The maximum absolute atomic E-state index is 13.4. The molecule has 9 heteroatoms. The van der Waals surface area contributed by atoms with Crippen LogP contribution in [0.2, 0.25) is 0 Å². The van der Waals surface area contributed by atoms with Gasteiger partial charge in [0, 0.05) is 14.1 Å². The largest absolute Gasteiger partial charge is 0.504 e. The molecule has 0 fully saturated rings. The number of nitrogens with zero attached hydrogens (tertiary/aromatic N) is 2. The first-order chi connectivity index (χ1) is 16.3. The van der Waals surface area contributed by atoms with Gasteiger partial charge in [-0.25, -0.2) is 9.59 Å². The van der Waals surface area contributed by atoms with Gasteiger partial charge in [-0.3, -0.25) is 13.9 Å². The molecule has 1 aliphatic heterocycles. The van der Waals surface area contributed by atoms with E-state index in [2.05, 4.69) is 5.32 Å². The summed E-state index contributed by atoms with van der Waals surface area (Å²) in [6.45, 7) is 1.83. The number of fused-ring (bicyclic) bond motifs is 1. The van der Waals surface area contributed by atoms with Crippen LogP contribution in [-0.2, 0) is 23.6 Å².